The molecule has 114 valence electrons. The van der Waals surface area contributed by atoms with Crippen molar-refractivity contribution in [1.29, 1.82) is 0 Å². The van der Waals surface area contributed by atoms with Gasteiger partial charge in [-0.05, 0) is 38.1 Å². The van der Waals surface area contributed by atoms with Crippen molar-refractivity contribution in [1.82, 2.24) is 9.62 Å². The maximum atomic E-state index is 12.5. The van der Waals surface area contributed by atoms with Crippen LogP contribution in [0.5, 0.6) is 0 Å². The van der Waals surface area contributed by atoms with Crippen molar-refractivity contribution in [2.24, 2.45) is 0 Å². The summed E-state index contributed by atoms with van der Waals surface area (Å²) in [7, 11) is -1.66. The molecule has 0 aliphatic carbocycles. The van der Waals surface area contributed by atoms with Crippen LogP contribution in [0.15, 0.2) is 29.2 Å². The Balaban J connectivity index is 3.02. The Morgan fingerprint density at radius 2 is 1.85 bits per heavy atom. The third kappa shape index (κ3) is 4.02. The first kappa shape index (κ1) is 17.1. The van der Waals surface area contributed by atoms with Crippen molar-refractivity contribution in [2.45, 2.75) is 31.2 Å². The average Bonchev–Trinajstić information content (AvgIpc) is 2.46. The van der Waals surface area contributed by atoms with E-state index < -0.39 is 10.0 Å². The number of nitrogens with zero attached hydrogens (tertiary/aromatic N) is 1. The normalized spacial score (nSPS) is 13.7. The quantitative estimate of drug-likeness (QED) is 0.760. The molecular formula is C14H24N2O3S. The highest BCUT2D eigenvalue weighted by molar-refractivity contribution is 7.89. The fraction of sp³-hybridized carbons (Fsp3) is 0.571. The zero-order valence-electron chi connectivity index (χ0n) is 12.3. The molecule has 1 aromatic carbocycles. The highest BCUT2D eigenvalue weighted by atomic mass is 32.2. The molecule has 0 radical (unpaired) electrons. The summed E-state index contributed by atoms with van der Waals surface area (Å²) in [6.45, 7) is 4.30. The van der Waals surface area contributed by atoms with Gasteiger partial charge in [0.15, 0.2) is 0 Å². The molecule has 0 saturated heterocycles. The molecule has 0 saturated carbocycles. The standard InChI is InChI=1S/C14H24N2O3S/c1-4-9-16(10-11-17)20(18,19)14-7-5-13(6-8-14)12(2)15-3/h5-8,12,15,17H,4,9-11H2,1-3H3. The van der Waals surface area contributed by atoms with Gasteiger partial charge in [-0.3, -0.25) is 0 Å². The average molecular weight is 300 g/mol. The van der Waals surface area contributed by atoms with Crippen molar-refractivity contribution in [3.8, 4) is 0 Å². The van der Waals surface area contributed by atoms with Gasteiger partial charge in [0.05, 0.1) is 11.5 Å². The molecular weight excluding hydrogens is 276 g/mol. The third-order valence-corrected chi connectivity index (χ3v) is 5.19. The molecule has 1 aromatic rings. The molecule has 0 amide bonds. The number of hydrogen-bond acceptors (Lipinski definition) is 4. The number of aliphatic hydroxyl groups is 1. The summed E-state index contributed by atoms with van der Waals surface area (Å²) in [4.78, 5) is 0.270. The largest absolute Gasteiger partial charge is 0.395 e. The minimum absolute atomic E-state index is 0.130. The minimum atomic E-state index is -3.52. The van der Waals surface area contributed by atoms with Gasteiger partial charge in [0.1, 0.15) is 0 Å². The second-order valence-electron chi connectivity index (χ2n) is 4.71. The van der Waals surface area contributed by atoms with E-state index in [0.717, 1.165) is 5.56 Å². The Hall–Kier alpha value is -0.950. The van der Waals surface area contributed by atoms with Gasteiger partial charge < -0.3 is 10.4 Å². The second-order valence-corrected chi connectivity index (χ2v) is 6.65. The van der Waals surface area contributed by atoms with Gasteiger partial charge in [0.2, 0.25) is 10.0 Å². The van der Waals surface area contributed by atoms with Gasteiger partial charge in [-0.2, -0.15) is 4.31 Å². The maximum absolute atomic E-state index is 12.5. The Morgan fingerprint density at radius 3 is 2.30 bits per heavy atom. The SMILES string of the molecule is CCCN(CCO)S(=O)(=O)c1ccc(C(C)NC)cc1. The minimum Gasteiger partial charge on any atom is -0.395 e. The molecule has 1 rings (SSSR count). The fourth-order valence-corrected chi connectivity index (χ4v) is 3.48. The molecule has 0 aromatic heterocycles. The van der Waals surface area contributed by atoms with E-state index in [2.05, 4.69) is 5.32 Å². The van der Waals surface area contributed by atoms with E-state index in [-0.39, 0.29) is 24.1 Å². The first-order valence-electron chi connectivity index (χ1n) is 6.85. The Labute approximate surface area is 121 Å². The summed E-state index contributed by atoms with van der Waals surface area (Å²) in [5, 5.41) is 12.1. The van der Waals surface area contributed by atoms with Crippen LogP contribution in [0.25, 0.3) is 0 Å². The molecule has 2 N–H and O–H groups in total. The molecule has 0 heterocycles. The van der Waals surface area contributed by atoms with E-state index in [1.165, 1.54) is 4.31 Å². The zero-order valence-corrected chi connectivity index (χ0v) is 13.2. The van der Waals surface area contributed by atoms with Gasteiger partial charge in [-0.15, -0.1) is 0 Å². The smallest absolute Gasteiger partial charge is 0.243 e. The second kappa shape index (κ2) is 7.73. The lowest BCUT2D eigenvalue weighted by Crippen LogP contribution is -2.34. The van der Waals surface area contributed by atoms with Gasteiger partial charge in [0.25, 0.3) is 0 Å². The Bertz CT molecular complexity index is 494. The molecule has 6 heteroatoms. The highest BCUT2D eigenvalue weighted by Crippen LogP contribution is 2.19. The van der Waals surface area contributed by atoms with Gasteiger partial charge in [-0.25, -0.2) is 8.42 Å². The molecule has 0 bridgehead atoms. The summed E-state index contributed by atoms with van der Waals surface area (Å²) in [6, 6.07) is 7.06. The van der Waals surface area contributed by atoms with Gasteiger partial charge >= 0.3 is 0 Å². The predicted molar refractivity (Wildman–Crippen MR) is 80.1 cm³/mol. The van der Waals surface area contributed by atoms with Crippen molar-refractivity contribution < 1.29 is 13.5 Å². The van der Waals surface area contributed by atoms with Crippen LogP contribution in [0, 0.1) is 0 Å². The maximum Gasteiger partial charge on any atom is 0.243 e. The number of benzene rings is 1. The van der Waals surface area contributed by atoms with Crippen LogP contribution in [0.4, 0.5) is 0 Å². The lowest BCUT2D eigenvalue weighted by molar-refractivity contribution is 0.253. The summed E-state index contributed by atoms with van der Waals surface area (Å²) in [5.41, 5.74) is 1.04. The topological polar surface area (TPSA) is 69.6 Å². The van der Waals surface area contributed by atoms with E-state index in [0.29, 0.717) is 13.0 Å². The lowest BCUT2D eigenvalue weighted by atomic mass is 10.1. The van der Waals surface area contributed by atoms with Crippen LogP contribution in [-0.2, 0) is 10.0 Å². The van der Waals surface area contributed by atoms with E-state index in [9.17, 15) is 8.42 Å². The van der Waals surface area contributed by atoms with Crippen LogP contribution in [0.3, 0.4) is 0 Å². The van der Waals surface area contributed by atoms with Gasteiger partial charge in [-0.1, -0.05) is 19.1 Å². The summed E-state index contributed by atoms with van der Waals surface area (Å²) in [5.74, 6) is 0. The molecule has 20 heavy (non-hydrogen) atoms. The fourth-order valence-electron chi connectivity index (χ4n) is 1.96. The number of sulfonamides is 1. The lowest BCUT2D eigenvalue weighted by Gasteiger charge is -2.21. The van der Waals surface area contributed by atoms with Crippen LogP contribution >= 0.6 is 0 Å². The summed E-state index contributed by atoms with van der Waals surface area (Å²) < 4.78 is 26.2. The van der Waals surface area contributed by atoms with Crippen LogP contribution in [0.1, 0.15) is 31.9 Å². The van der Waals surface area contributed by atoms with Crippen molar-refractivity contribution >= 4 is 10.0 Å². The summed E-state index contributed by atoms with van der Waals surface area (Å²) >= 11 is 0. The van der Waals surface area contributed by atoms with Crippen LogP contribution in [0.2, 0.25) is 0 Å². The monoisotopic (exact) mass is 300 g/mol. The highest BCUT2D eigenvalue weighted by Gasteiger charge is 2.23. The zero-order chi connectivity index (χ0) is 15.2. The van der Waals surface area contributed by atoms with Crippen LogP contribution < -0.4 is 5.32 Å². The molecule has 5 nitrogen and oxygen atoms in total. The van der Waals surface area contributed by atoms with Crippen molar-refractivity contribution in [2.75, 3.05) is 26.7 Å². The molecule has 1 atom stereocenters. The van der Waals surface area contributed by atoms with Gasteiger partial charge in [0, 0.05) is 19.1 Å². The predicted octanol–water partition coefficient (Wildman–Crippen LogP) is 1.36. The number of hydrogen-bond donors (Lipinski definition) is 2. The third-order valence-electron chi connectivity index (χ3n) is 3.27. The molecule has 0 fully saturated rings. The summed E-state index contributed by atoms with van der Waals surface area (Å²) in [6.07, 6.45) is 0.716. The van der Waals surface area contributed by atoms with E-state index in [1.54, 1.807) is 12.1 Å². The van der Waals surface area contributed by atoms with Crippen molar-refractivity contribution in [3.63, 3.8) is 0 Å². The number of nitrogens with one attached hydrogen (secondary N) is 1. The van der Waals surface area contributed by atoms with E-state index in [4.69, 9.17) is 5.11 Å². The first-order chi connectivity index (χ1) is 9.47. The molecule has 0 aliphatic rings. The molecule has 0 aliphatic heterocycles. The van der Waals surface area contributed by atoms with Crippen molar-refractivity contribution in [3.05, 3.63) is 29.8 Å². The Morgan fingerprint density at radius 1 is 1.25 bits per heavy atom. The van der Waals surface area contributed by atoms with E-state index in [1.807, 2.05) is 33.0 Å². The molecule has 0 spiro atoms. The Kier molecular flexibility index (Phi) is 6.61. The first-order valence-corrected chi connectivity index (χ1v) is 8.29. The number of aliphatic hydroxyl groups excluding tert-OH is 1. The number of rotatable bonds is 8. The van der Waals surface area contributed by atoms with Crippen LogP contribution in [-0.4, -0.2) is 44.6 Å². The van der Waals surface area contributed by atoms with E-state index >= 15 is 0 Å². The molecule has 1 unspecified atom stereocenters.